The Balaban J connectivity index is 1.77. The van der Waals surface area contributed by atoms with Crippen LogP contribution in [-0.4, -0.2) is 24.7 Å². The van der Waals surface area contributed by atoms with E-state index >= 15 is 0 Å². The number of nitrogens with zero attached hydrogens (tertiary/aromatic N) is 1. The van der Waals surface area contributed by atoms with Crippen LogP contribution in [0.2, 0.25) is 0 Å². The van der Waals surface area contributed by atoms with E-state index in [1.807, 2.05) is 24.3 Å². The molecule has 2 aromatic rings. The van der Waals surface area contributed by atoms with Gasteiger partial charge >= 0.3 is 0 Å². The van der Waals surface area contributed by atoms with E-state index in [2.05, 4.69) is 15.6 Å². The van der Waals surface area contributed by atoms with Gasteiger partial charge < -0.3 is 5.32 Å². The SMILES string of the molecule is O=C1Nc2ccccc2C12CC(c1ccc(F)cc1)=NCCN2. The van der Waals surface area contributed by atoms with Crippen molar-refractivity contribution in [1.29, 1.82) is 0 Å². The Labute approximate surface area is 133 Å². The van der Waals surface area contributed by atoms with Gasteiger partial charge in [-0.25, -0.2) is 4.39 Å². The molecule has 0 radical (unpaired) electrons. The van der Waals surface area contributed by atoms with Crippen LogP contribution in [0.4, 0.5) is 10.1 Å². The summed E-state index contributed by atoms with van der Waals surface area (Å²) in [6.45, 7) is 1.20. The number of aliphatic imine (C=N–C) groups is 1. The molecule has 2 aliphatic rings. The molecule has 0 aromatic heterocycles. The molecule has 0 fully saturated rings. The summed E-state index contributed by atoms with van der Waals surface area (Å²) in [5.41, 5.74) is 2.65. The van der Waals surface area contributed by atoms with Crippen LogP contribution in [0.25, 0.3) is 0 Å². The van der Waals surface area contributed by atoms with Gasteiger partial charge in [-0.2, -0.15) is 0 Å². The van der Waals surface area contributed by atoms with Crippen LogP contribution in [0.5, 0.6) is 0 Å². The first kappa shape index (κ1) is 14.1. The number of para-hydroxylation sites is 1. The fourth-order valence-electron chi connectivity index (χ4n) is 3.33. The summed E-state index contributed by atoms with van der Waals surface area (Å²) >= 11 is 0. The number of anilines is 1. The van der Waals surface area contributed by atoms with Crippen molar-refractivity contribution in [3.63, 3.8) is 0 Å². The number of rotatable bonds is 1. The molecule has 4 nitrogen and oxygen atoms in total. The maximum absolute atomic E-state index is 13.2. The average Bonchev–Trinajstić information content (AvgIpc) is 2.72. The first-order valence-electron chi connectivity index (χ1n) is 7.64. The third-order valence-electron chi connectivity index (χ3n) is 4.47. The molecule has 2 N–H and O–H groups in total. The average molecular weight is 309 g/mol. The van der Waals surface area contributed by atoms with Gasteiger partial charge in [-0.3, -0.25) is 15.1 Å². The van der Waals surface area contributed by atoms with E-state index < -0.39 is 5.54 Å². The highest BCUT2D eigenvalue weighted by molar-refractivity contribution is 6.11. The number of carbonyl (C=O) groups is 1. The Hall–Kier alpha value is -2.53. The van der Waals surface area contributed by atoms with Gasteiger partial charge in [-0.05, 0) is 23.8 Å². The van der Waals surface area contributed by atoms with Crippen molar-refractivity contribution in [2.24, 2.45) is 4.99 Å². The number of halogens is 1. The van der Waals surface area contributed by atoms with E-state index in [1.54, 1.807) is 12.1 Å². The van der Waals surface area contributed by atoms with Crippen LogP contribution < -0.4 is 10.6 Å². The summed E-state index contributed by atoms with van der Waals surface area (Å²) in [6.07, 6.45) is 0.446. The zero-order valence-electron chi connectivity index (χ0n) is 12.5. The Morgan fingerprint density at radius 1 is 1.09 bits per heavy atom. The predicted molar refractivity (Wildman–Crippen MR) is 87.2 cm³/mol. The molecule has 4 rings (SSSR count). The zero-order chi connectivity index (χ0) is 15.9. The molecule has 1 unspecified atom stereocenters. The van der Waals surface area contributed by atoms with E-state index in [1.165, 1.54) is 12.1 Å². The predicted octanol–water partition coefficient (Wildman–Crippen LogP) is 2.46. The summed E-state index contributed by atoms with van der Waals surface area (Å²) in [7, 11) is 0. The van der Waals surface area contributed by atoms with Gasteiger partial charge in [0.25, 0.3) is 0 Å². The van der Waals surface area contributed by atoms with Crippen molar-refractivity contribution in [1.82, 2.24) is 5.32 Å². The summed E-state index contributed by atoms with van der Waals surface area (Å²) in [5, 5.41) is 6.32. The van der Waals surface area contributed by atoms with Gasteiger partial charge in [-0.1, -0.05) is 30.3 Å². The molecule has 0 aliphatic carbocycles. The molecular formula is C18H16FN3O. The van der Waals surface area contributed by atoms with Gasteiger partial charge in [-0.15, -0.1) is 0 Å². The molecule has 1 atom stereocenters. The molecular weight excluding hydrogens is 293 g/mol. The minimum atomic E-state index is -0.805. The number of nitrogens with one attached hydrogen (secondary N) is 2. The largest absolute Gasteiger partial charge is 0.324 e. The number of fused-ring (bicyclic) bond motifs is 2. The maximum Gasteiger partial charge on any atom is 0.249 e. The number of hydrogen-bond acceptors (Lipinski definition) is 3. The number of amides is 1. The van der Waals surface area contributed by atoms with Crippen LogP contribution in [-0.2, 0) is 10.3 Å². The van der Waals surface area contributed by atoms with Gasteiger partial charge in [0.15, 0.2) is 0 Å². The van der Waals surface area contributed by atoms with Gasteiger partial charge in [0.2, 0.25) is 5.91 Å². The highest BCUT2D eigenvalue weighted by atomic mass is 19.1. The van der Waals surface area contributed by atoms with E-state index in [4.69, 9.17) is 0 Å². The van der Waals surface area contributed by atoms with Gasteiger partial charge in [0.05, 0.1) is 6.54 Å². The Bertz CT molecular complexity index is 800. The monoisotopic (exact) mass is 309 g/mol. The van der Waals surface area contributed by atoms with Gasteiger partial charge in [0, 0.05) is 29.9 Å². The number of hydrogen-bond donors (Lipinski definition) is 2. The fraction of sp³-hybridized carbons (Fsp3) is 0.222. The highest BCUT2D eigenvalue weighted by Gasteiger charge is 2.47. The highest BCUT2D eigenvalue weighted by Crippen LogP contribution is 2.39. The summed E-state index contributed by atoms with van der Waals surface area (Å²) < 4.78 is 13.2. The van der Waals surface area contributed by atoms with Crippen molar-refractivity contribution in [3.05, 3.63) is 65.5 Å². The Kier molecular flexibility index (Phi) is 3.23. The van der Waals surface area contributed by atoms with Crippen LogP contribution in [0.15, 0.2) is 53.5 Å². The first-order chi connectivity index (χ1) is 11.2. The second-order valence-electron chi connectivity index (χ2n) is 5.84. The Morgan fingerprint density at radius 2 is 1.87 bits per heavy atom. The zero-order valence-corrected chi connectivity index (χ0v) is 12.5. The van der Waals surface area contributed by atoms with Gasteiger partial charge in [0.1, 0.15) is 11.4 Å². The first-order valence-corrected chi connectivity index (χ1v) is 7.64. The Morgan fingerprint density at radius 3 is 2.70 bits per heavy atom. The second-order valence-corrected chi connectivity index (χ2v) is 5.84. The van der Waals surface area contributed by atoms with Crippen molar-refractivity contribution in [2.75, 3.05) is 18.4 Å². The third-order valence-corrected chi connectivity index (χ3v) is 4.47. The summed E-state index contributed by atoms with van der Waals surface area (Å²) in [4.78, 5) is 17.3. The van der Waals surface area contributed by atoms with Crippen LogP contribution in [0.1, 0.15) is 17.5 Å². The van der Waals surface area contributed by atoms with E-state index in [0.717, 1.165) is 22.5 Å². The third kappa shape index (κ3) is 2.24. The van der Waals surface area contributed by atoms with Crippen molar-refractivity contribution in [2.45, 2.75) is 12.0 Å². The normalized spacial score (nSPS) is 23.2. The molecule has 0 saturated heterocycles. The molecule has 2 heterocycles. The fourth-order valence-corrected chi connectivity index (χ4v) is 3.33. The standard InChI is InChI=1S/C18H16FN3O/c19-13-7-5-12(6-8-13)16-11-18(21-10-9-20-16)14-3-1-2-4-15(14)22-17(18)23/h1-8,21H,9-11H2,(H,22,23). The lowest BCUT2D eigenvalue weighted by molar-refractivity contribution is -0.121. The number of carbonyl (C=O) groups excluding carboxylic acids is 1. The van der Waals surface area contributed by atoms with Crippen molar-refractivity contribution < 1.29 is 9.18 Å². The minimum Gasteiger partial charge on any atom is -0.324 e. The minimum absolute atomic E-state index is 0.0598. The molecule has 0 bridgehead atoms. The molecule has 2 aromatic carbocycles. The lowest BCUT2D eigenvalue weighted by atomic mass is 9.84. The van der Waals surface area contributed by atoms with E-state index in [9.17, 15) is 9.18 Å². The van der Waals surface area contributed by atoms with Crippen molar-refractivity contribution in [3.8, 4) is 0 Å². The molecule has 1 amide bonds. The second kappa shape index (κ2) is 5.28. The quantitative estimate of drug-likeness (QED) is 0.850. The van der Waals surface area contributed by atoms with E-state index in [0.29, 0.717) is 19.5 Å². The molecule has 0 saturated carbocycles. The smallest absolute Gasteiger partial charge is 0.249 e. The molecule has 1 spiro atoms. The molecule has 116 valence electrons. The van der Waals surface area contributed by atoms with E-state index in [-0.39, 0.29) is 11.7 Å². The van der Waals surface area contributed by atoms with Crippen molar-refractivity contribution >= 4 is 17.3 Å². The molecule has 23 heavy (non-hydrogen) atoms. The lowest BCUT2D eigenvalue weighted by Crippen LogP contribution is -2.49. The summed E-state index contributed by atoms with van der Waals surface area (Å²) in [5.74, 6) is -0.338. The maximum atomic E-state index is 13.2. The molecule has 5 heteroatoms. The molecule has 2 aliphatic heterocycles. The van der Waals surface area contributed by atoms with Crippen LogP contribution >= 0.6 is 0 Å². The summed E-state index contributed by atoms with van der Waals surface area (Å²) in [6, 6.07) is 14.0. The van der Waals surface area contributed by atoms with Crippen LogP contribution in [0.3, 0.4) is 0 Å². The topological polar surface area (TPSA) is 53.5 Å². The lowest BCUT2D eigenvalue weighted by Gasteiger charge is -2.27. The number of benzene rings is 2. The van der Waals surface area contributed by atoms with Crippen LogP contribution in [0, 0.1) is 5.82 Å².